The average Bonchev–Trinajstić information content (AvgIpc) is 4.13. The van der Waals surface area contributed by atoms with E-state index < -0.39 is 89.0 Å². The number of H-pyrrole nitrogens is 1. The lowest BCUT2D eigenvalue weighted by Gasteiger charge is -2.58. The first-order valence-electron chi connectivity index (χ1n) is 23.3. The van der Waals surface area contributed by atoms with Crippen LogP contribution in [0.1, 0.15) is 75.7 Å². The molecule has 19 heteroatoms. The van der Waals surface area contributed by atoms with Crippen molar-refractivity contribution < 1.29 is 69.0 Å². The maximum Gasteiger partial charge on any atom is 0.336 e. The molecule has 13 N–H and O–H groups in total. The summed E-state index contributed by atoms with van der Waals surface area (Å²) in [6.45, 7) is 2.17. The van der Waals surface area contributed by atoms with Gasteiger partial charge in [-0.25, -0.2) is 4.79 Å². The number of phenols is 2. The molecule has 3 fully saturated rings. The Morgan fingerprint density at radius 1 is 1.01 bits per heavy atom. The number of aromatic hydroxyl groups is 2. The van der Waals surface area contributed by atoms with Crippen molar-refractivity contribution in [2.45, 2.75) is 112 Å². The van der Waals surface area contributed by atoms with Crippen molar-refractivity contribution in [1.82, 2.24) is 15.6 Å². The monoisotopic (exact) mass is 954 g/mol. The van der Waals surface area contributed by atoms with Crippen LogP contribution in [0.25, 0.3) is 22.3 Å². The molecule has 9 unspecified atom stereocenters. The zero-order valence-corrected chi connectivity index (χ0v) is 37.8. The summed E-state index contributed by atoms with van der Waals surface area (Å²) in [5.74, 6) is -3.56. The third-order valence-corrected chi connectivity index (χ3v) is 14.0. The van der Waals surface area contributed by atoms with Crippen LogP contribution in [0.3, 0.4) is 0 Å². The lowest BCUT2D eigenvalue weighted by Crippen LogP contribution is -2.79. The molecule has 69 heavy (non-hydrogen) atoms. The SMILES string of the molecule is CCCCCC1=CC2(O)C(Oc3cc4oc(-c5ccc(OC(CO)C(O)c6ccc(N)[nH]6)cc5)cc(=O)c4c(O)c3OC3(c4cccc(O)c4)CCCC3)OC(C(=O)O)C(O)(C1C1CNCN1)C2O. The Balaban J connectivity index is 1.14. The zero-order valence-electron chi connectivity index (χ0n) is 37.8. The number of hydrogen-bond acceptors (Lipinski definition) is 17. The maximum absolute atomic E-state index is 14.2. The van der Waals surface area contributed by atoms with Gasteiger partial charge in [-0.05, 0) is 98.7 Å². The molecular formula is C50H58N4O15. The number of phenolic OH excluding ortho intramolecular Hbond substituents is 2. The molecule has 2 aliphatic carbocycles. The number of fused-ring (bicyclic) bond motifs is 3. The number of aliphatic hydroxyl groups is 5. The number of nitrogen functional groups attached to an aromatic ring is 1. The van der Waals surface area contributed by atoms with Gasteiger partial charge in [0.1, 0.15) is 57.5 Å². The summed E-state index contributed by atoms with van der Waals surface area (Å²) in [5, 5.41) is 97.9. The molecule has 5 aromatic rings. The van der Waals surface area contributed by atoms with Gasteiger partial charge >= 0.3 is 5.97 Å². The smallest absolute Gasteiger partial charge is 0.336 e. The molecule has 0 spiro atoms. The Bertz CT molecular complexity index is 2760. The maximum atomic E-state index is 14.2. The van der Waals surface area contributed by atoms with Crippen LogP contribution in [-0.4, -0.2) is 113 Å². The molecule has 4 heterocycles. The second kappa shape index (κ2) is 19.0. The van der Waals surface area contributed by atoms with Gasteiger partial charge in [-0.15, -0.1) is 0 Å². The Labute approximate surface area is 395 Å². The number of hydrogen-bond donors (Lipinski definition) is 12. The predicted octanol–water partition coefficient (Wildman–Crippen LogP) is 3.77. The number of benzene rings is 3. The number of nitrogens with two attached hydrogens (primary N) is 1. The molecule has 3 aromatic carbocycles. The highest BCUT2D eigenvalue weighted by Gasteiger charge is 2.71. The van der Waals surface area contributed by atoms with Gasteiger partial charge in [0, 0.05) is 48.6 Å². The normalized spacial score (nSPS) is 27.2. The van der Waals surface area contributed by atoms with E-state index in [9.17, 15) is 50.4 Å². The van der Waals surface area contributed by atoms with Crippen molar-refractivity contribution in [2.24, 2.45) is 5.92 Å². The number of ether oxygens (including phenoxy) is 4. The van der Waals surface area contributed by atoms with E-state index in [1.807, 2.05) is 6.92 Å². The molecule has 9 rings (SSSR count). The summed E-state index contributed by atoms with van der Waals surface area (Å²) in [5.41, 5.74) is 0.262. The summed E-state index contributed by atoms with van der Waals surface area (Å²) in [4.78, 5) is 30.2. The largest absolute Gasteiger partial charge is 0.508 e. The lowest BCUT2D eigenvalue weighted by molar-refractivity contribution is -0.344. The van der Waals surface area contributed by atoms with Crippen LogP contribution >= 0.6 is 0 Å². The molecule has 0 amide bonds. The molecule has 1 saturated carbocycles. The fourth-order valence-electron chi connectivity index (χ4n) is 10.6. The molecule has 368 valence electrons. The van der Waals surface area contributed by atoms with Crippen LogP contribution in [-0.2, 0) is 15.1 Å². The molecule has 9 atom stereocenters. The number of aliphatic hydroxyl groups excluding tert-OH is 3. The Kier molecular flexibility index (Phi) is 13.2. The van der Waals surface area contributed by atoms with Crippen molar-refractivity contribution in [2.75, 3.05) is 25.6 Å². The van der Waals surface area contributed by atoms with E-state index in [1.54, 1.807) is 36.4 Å². The van der Waals surface area contributed by atoms with Crippen molar-refractivity contribution in [3.8, 4) is 40.1 Å². The number of aromatic amines is 1. The van der Waals surface area contributed by atoms with Crippen LogP contribution < -0.4 is 36.0 Å². The first kappa shape index (κ1) is 47.9. The Morgan fingerprint density at radius 3 is 2.43 bits per heavy atom. The standard InChI is InChI=1S/C50H58N4O15/c1-2-3-4-8-27-22-49(63)46(62)50(64,40(27)32-23-52-25-53-32)44(45(60)61)68-47(49)67-36-21-35-39(42(59)43(36)69-48(17-5-6-18-48)28-9-7-10-29(56)19-28)33(57)20-34(66-35)26-11-13-30(14-12-26)65-37(24-55)41(58)31-15-16-38(51)54-31/h7,9-16,19-22,32,37,40-41,44,46-47,52-56,58-59,62-64H,2-6,8,17-18,23-25,51H2,1H3,(H,60,61). The van der Waals surface area contributed by atoms with Crippen LogP contribution in [0.15, 0.2) is 93.7 Å². The Hall–Kier alpha value is -6.16. The summed E-state index contributed by atoms with van der Waals surface area (Å²) >= 11 is 0. The van der Waals surface area contributed by atoms with Crippen molar-refractivity contribution in [3.63, 3.8) is 0 Å². The quantitative estimate of drug-likeness (QED) is 0.0466. The first-order chi connectivity index (χ1) is 33.1. The second-order valence-corrected chi connectivity index (χ2v) is 18.5. The third-order valence-electron chi connectivity index (χ3n) is 14.0. The molecule has 4 aliphatic rings. The van der Waals surface area contributed by atoms with Crippen LogP contribution in [0.2, 0.25) is 0 Å². The molecular weight excluding hydrogens is 897 g/mol. The van der Waals surface area contributed by atoms with Gasteiger partial charge in [0.05, 0.1) is 6.61 Å². The number of carboxylic acid groups (broad SMARTS) is 1. The number of nitrogens with one attached hydrogen (secondary N) is 3. The molecule has 0 radical (unpaired) electrons. The van der Waals surface area contributed by atoms with Gasteiger partial charge in [-0.1, -0.05) is 37.5 Å². The average molecular weight is 955 g/mol. The van der Waals surface area contributed by atoms with E-state index in [0.29, 0.717) is 80.0 Å². The number of unbranched alkanes of at least 4 members (excludes halogenated alkanes) is 2. The number of anilines is 1. The number of aromatic nitrogens is 1. The lowest BCUT2D eigenvalue weighted by atomic mass is 9.59. The van der Waals surface area contributed by atoms with E-state index >= 15 is 0 Å². The van der Waals surface area contributed by atoms with E-state index in [4.69, 9.17) is 29.1 Å². The van der Waals surface area contributed by atoms with Crippen LogP contribution in [0.4, 0.5) is 5.82 Å². The third kappa shape index (κ3) is 8.67. The minimum Gasteiger partial charge on any atom is -0.508 e. The van der Waals surface area contributed by atoms with Gasteiger partial charge in [-0.2, -0.15) is 0 Å². The van der Waals surface area contributed by atoms with Gasteiger partial charge in [0.25, 0.3) is 0 Å². The van der Waals surface area contributed by atoms with Gasteiger partial charge in [0.15, 0.2) is 34.7 Å². The molecule has 19 nitrogen and oxygen atoms in total. The molecule has 2 saturated heterocycles. The van der Waals surface area contributed by atoms with Gasteiger partial charge < -0.3 is 80.3 Å². The first-order valence-corrected chi connectivity index (χ1v) is 23.3. The summed E-state index contributed by atoms with van der Waals surface area (Å²) in [7, 11) is 0. The van der Waals surface area contributed by atoms with E-state index in [-0.39, 0.29) is 34.0 Å². The van der Waals surface area contributed by atoms with E-state index in [0.717, 1.165) is 12.8 Å². The van der Waals surface area contributed by atoms with E-state index in [1.165, 1.54) is 42.5 Å². The predicted molar refractivity (Wildman–Crippen MR) is 248 cm³/mol. The Morgan fingerprint density at radius 2 is 1.78 bits per heavy atom. The topological polar surface area (TPSA) is 312 Å². The molecule has 2 aliphatic heterocycles. The van der Waals surface area contributed by atoms with Crippen LogP contribution in [0, 0.1) is 5.92 Å². The van der Waals surface area contributed by atoms with Crippen molar-refractivity contribution >= 4 is 22.8 Å². The number of aliphatic carboxylic acids is 1. The molecule has 2 aromatic heterocycles. The number of carboxylic acids is 1. The highest BCUT2D eigenvalue weighted by atomic mass is 16.7. The summed E-state index contributed by atoms with van der Waals surface area (Å²) in [6, 6.07) is 17.6. The van der Waals surface area contributed by atoms with Gasteiger partial charge in [0.2, 0.25) is 12.0 Å². The fourth-order valence-corrected chi connectivity index (χ4v) is 10.6. The second-order valence-electron chi connectivity index (χ2n) is 18.5. The van der Waals surface area contributed by atoms with Gasteiger partial charge in [-0.3, -0.25) is 10.1 Å². The zero-order chi connectivity index (χ0) is 48.8. The minimum atomic E-state index is -2.59. The number of rotatable bonds is 17. The fraction of sp³-hybridized carbons (Fsp3) is 0.440. The summed E-state index contributed by atoms with van der Waals surface area (Å²) < 4.78 is 31.5. The summed E-state index contributed by atoms with van der Waals surface area (Å²) in [6.07, 6.45) is -2.53. The highest BCUT2D eigenvalue weighted by Crippen LogP contribution is 2.54. The van der Waals surface area contributed by atoms with Crippen molar-refractivity contribution in [3.05, 3.63) is 106 Å². The number of carbonyl (C=O) groups is 1. The van der Waals surface area contributed by atoms with Crippen molar-refractivity contribution in [1.29, 1.82) is 0 Å². The molecule has 2 bridgehead atoms. The van der Waals surface area contributed by atoms with E-state index in [2.05, 4.69) is 15.6 Å². The highest BCUT2D eigenvalue weighted by molar-refractivity contribution is 5.90. The minimum absolute atomic E-state index is 0.0256. The van der Waals surface area contributed by atoms with Crippen LogP contribution in [0.5, 0.6) is 28.7 Å².